The predicted molar refractivity (Wildman–Crippen MR) is 119 cm³/mol. The van der Waals surface area contributed by atoms with Gasteiger partial charge in [0.2, 0.25) is 5.91 Å². The molecule has 0 unspecified atom stereocenters. The summed E-state index contributed by atoms with van der Waals surface area (Å²) < 4.78 is 24.4. The van der Waals surface area contributed by atoms with Crippen molar-refractivity contribution in [1.82, 2.24) is 5.32 Å². The van der Waals surface area contributed by atoms with Crippen molar-refractivity contribution in [3.63, 3.8) is 0 Å². The molecule has 2 amide bonds. The van der Waals surface area contributed by atoms with Crippen molar-refractivity contribution in [2.45, 2.75) is 6.54 Å². The molecule has 0 bridgehead atoms. The molecule has 3 aromatic carbocycles. The van der Waals surface area contributed by atoms with Gasteiger partial charge in [0.1, 0.15) is 18.1 Å². The van der Waals surface area contributed by atoms with E-state index in [0.717, 1.165) is 11.3 Å². The quantitative estimate of drug-likeness (QED) is 0.600. The Balaban J connectivity index is 1.52. The highest BCUT2D eigenvalue weighted by Crippen LogP contribution is 2.35. The summed E-state index contributed by atoms with van der Waals surface area (Å²) in [5, 5.41) is 2.82. The number of nitrogens with one attached hydrogen (secondary N) is 1. The molecule has 4 rings (SSSR count). The number of carbonyl (C=O) groups excluding carboxylic acids is 2. The highest BCUT2D eigenvalue weighted by atomic mass is 19.1. The first-order chi connectivity index (χ1) is 15.5. The van der Waals surface area contributed by atoms with Gasteiger partial charge in [0.25, 0.3) is 5.91 Å². The van der Waals surface area contributed by atoms with Gasteiger partial charge >= 0.3 is 0 Å². The fourth-order valence-electron chi connectivity index (χ4n) is 3.31. The van der Waals surface area contributed by atoms with E-state index in [1.807, 2.05) is 24.3 Å². The molecule has 7 heteroatoms. The third kappa shape index (κ3) is 4.78. The second-order valence-electron chi connectivity index (χ2n) is 7.15. The first kappa shape index (κ1) is 21.1. The number of ether oxygens (including phenoxy) is 2. The van der Waals surface area contributed by atoms with Gasteiger partial charge in [0.15, 0.2) is 11.5 Å². The van der Waals surface area contributed by atoms with Gasteiger partial charge in [-0.1, -0.05) is 36.4 Å². The molecule has 0 radical (unpaired) electrons. The number of fused-ring (bicyclic) bond motifs is 1. The number of para-hydroxylation sites is 2. The molecular weight excluding hydrogens is 411 g/mol. The van der Waals surface area contributed by atoms with Crippen molar-refractivity contribution in [2.24, 2.45) is 0 Å². The lowest BCUT2D eigenvalue weighted by atomic mass is 10.1. The number of anilines is 1. The predicted octanol–water partition coefficient (Wildman–Crippen LogP) is 3.92. The number of benzene rings is 3. The second kappa shape index (κ2) is 9.34. The Bertz CT molecular complexity index is 1170. The Morgan fingerprint density at radius 2 is 1.88 bits per heavy atom. The van der Waals surface area contributed by atoms with Gasteiger partial charge in [0, 0.05) is 6.54 Å². The molecule has 0 atom stereocenters. The first-order valence-electron chi connectivity index (χ1n) is 9.99. The normalized spacial score (nSPS) is 14.0. The molecule has 162 valence electrons. The molecule has 6 nitrogen and oxygen atoms in total. The van der Waals surface area contributed by atoms with Gasteiger partial charge in [-0.2, -0.15) is 0 Å². The molecule has 0 saturated heterocycles. The summed E-state index contributed by atoms with van der Waals surface area (Å²) in [5.74, 6) is -0.0375. The van der Waals surface area contributed by atoms with Crippen LogP contribution in [0.4, 0.5) is 10.1 Å². The number of nitrogens with zero attached hydrogens (tertiary/aromatic N) is 1. The number of halogens is 1. The molecule has 0 aliphatic carbocycles. The molecule has 0 spiro atoms. The molecule has 1 heterocycles. The van der Waals surface area contributed by atoms with Gasteiger partial charge in [-0.05, 0) is 53.6 Å². The molecule has 0 aromatic heterocycles. The van der Waals surface area contributed by atoms with E-state index in [2.05, 4.69) is 5.32 Å². The standard InChI is InChI=1S/C25H21FN2O4/c1-31-20-11-9-17(10-12-20)15-27-24(29)16-28-21-7-2-3-8-22(21)32-23(25(28)30)14-18-5-4-6-19(26)13-18/h2-14H,15-16H2,1H3,(H,27,29)/b23-14+. The Morgan fingerprint density at radius 1 is 1.09 bits per heavy atom. The molecule has 0 saturated carbocycles. The average Bonchev–Trinajstić information content (AvgIpc) is 2.81. The average molecular weight is 432 g/mol. The van der Waals surface area contributed by atoms with E-state index >= 15 is 0 Å². The van der Waals surface area contributed by atoms with E-state index in [1.165, 1.54) is 23.1 Å². The number of carbonyl (C=O) groups is 2. The summed E-state index contributed by atoms with van der Waals surface area (Å²) in [6, 6.07) is 20.1. The van der Waals surface area contributed by atoms with Crippen LogP contribution in [0.15, 0.2) is 78.6 Å². The van der Waals surface area contributed by atoms with Crippen LogP contribution in [0.1, 0.15) is 11.1 Å². The SMILES string of the molecule is COc1ccc(CNC(=O)CN2C(=O)/C(=C\c3cccc(F)c3)Oc3ccccc32)cc1. The Kier molecular flexibility index (Phi) is 6.17. The van der Waals surface area contributed by atoms with Gasteiger partial charge < -0.3 is 14.8 Å². The van der Waals surface area contributed by atoms with Crippen molar-refractivity contribution in [1.29, 1.82) is 0 Å². The van der Waals surface area contributed by atoms with Gasteiger partial charge in [-0.3, -0.25) is 14.5 Å². The fraction of sp³-hybridized carbons (Fsp3) is 0.120. The zero-order chi connectivity index (χ0) is 22.5. The summed E-state index contributed by atoms with van der Waals surface area (Å²) in [7, 11) is 1.59. The lowest BCUT2D eigenvalue weighted by Gasteiger charge is -2.30. The summed E-state index contributed by atoms with van der Waals surface area (Å²) in [4.78, 5) is 27.1. The summed E-state index contributed by atoms with van der Waals surface area (Å²) in [6.45, 7) is 0.130. The summed E-state index contributed by atoms with van der Waals surface area (Å²) in [6.07, 6.45) is 1.46. The minimum atomic E-state index is -0.479. The monoisotopic (exact) mass is 432 g/mol. The zero-order valence-electron chi connectivity index (χ0n) is 17.4. The second-order valence-corrected chi connectivity index (χ2v) is 7.15. The minimum Gasteiger partial charge on any atom is -0.497 e. The molecule has 0 fully saturated rings. The third-order valence-electron chi connectivity index (χ3n) is 4.93. The van der Waals surface area contributed by atoms with Crippen LogP contribution < -0.4 is 19.7 Å². The third-order valence-corrected chi connectivity index (χ3v) is 4.93. The topological polar surface area (TPSA) is 67.9 Å². The van der Waals surface area contributed by atoms with Crippen LogP contribution in [0.25, 0.3) is 6.08 Å². The molecule has 1 aliphatic heterocycles. The number of methoxy groups -OCH3 is 1. The van der Waals surface area contributed by atoms with Crippen molar-refractivity contribution >= 4 is 23.6 Å². The maximum absolute atomic E-state index is 13.5. The molecular formula is C25H21FN2O4. The van der Waals surface area contributed by atoms with Crippen LogP contribution in [-0.2, 0) is 16.1 Å². The summed E-state index contributed by atoms with van der Waals surface area (Å²) in [5.41, 5.74) is 1.88. The van der Waals surface area contributed by atoms with Crippen LogP contribution >= 0.6 is 0 Å². The van der Waals surface area contributed by atoms with E-state index < -0.39 is 11.7 Å². The van der Waals surface area contributed by atoms with E-state index in [0.29, 0.717) is 23.5 Å². The van der Waals surface area contributed by atoms with Gasteiger partial charge in [0.05, 0.1) is 12.8 Å². The van der Waals surface area contributed by atoms with Crippen LogP contribution in [0.5, 0.6) is 11.5 Å². The zero-order valence-corrected chi connectivity index (χ0v) is 17.4. The van der Waals surface area contributed by atoms with E-state index in [-0.39, 0.29) is 18.2 Å². The maximum Gasteiger partial charge on any atom is 0.294 e. The smallest absolute Gasteiger partial charge is 0.294 e. The number of hydrogen-bond donors (Lipinski definition) is 1. The number of rotatable bonds is 6. The lowest BCUT2D eigenvalue weighted by Crippen LogP contribution is -2.44. The summed E-state index contributed by atoms with van der Waals surface area (Å²) >= 11 is 0. The molecule has 1 N–H and O–H groups in total. The van der Waals surface area contributed by atoms with Gasteiger partial charge in [-0.25, -0.2) is 4.39 Å². The van der Waals surface area contributed by atoms with Crippen molar-refractivity contribution in [2.75, 3.05) is 18.6 Å². The molecule has 1 aliphatic rings. The maximum atomic E-state index is 13.5. The van der Waals surface area contributed by atoms with Crippen LogP contribution in [0.2, 0.25) is 0 Å². The highest BCUT2D eigenvalue weighted by Gasteiger charge is 2.31. The Labute approximate surface area is 184 Å². The Hall–Kier alpha value is -4.13. The molecule has 3 aromatic rings. The minimum absolute atomic E-state index is 0.0113. The van der Waals surface area contributed by atoms with Crippen LogP contribution in [0, 0.1) is 5.82 Å². The fourth-order valence-corrected chi connectivity index (χ4v) is 3.31. The number of hydrogen-bond acceptors (Lipinski definition) is 4. The van der Waals surface area contributed by atoms with Crippen molar-refractivity contribution < 1.29 is 23.5 Å². The van der Waals surface area contributed by atoms with Crippen LogP contribution in [0.3, 0.4) is 0 Å². The largest absolute Gasteiger partial charge is 0.497 e. The first-order valence-corrected chi connectivity index (χ1v) is 9.99. The molecule has 32 heavy (non-hydrogen) atoms. The van der Waals surface area contributed by atoms with Crippen molar-refractivity contribution in [3.8, 4) is 11.5 Å². The van der Waals surface area contributed by atoms with E-state index in [1.54, 1.807) is 43.5 Å². The number of amides is 2. The van der Waals surface area contributed by atoms with E-state index in [9.17, 15) is 14.0 Å². The Morgan fingerprint density at radius 3 is 2.62 bits per heavy atom. The lowest BCUT2D eigenvalue weighted by molar-refractivity contribution is -0.123. The van der Waals surface area contributed by atoms with E-state index in [4.69, 9.17) is 9.47 Å². The van der Waals surface area contributed by atoms with Crippen LogP contribution in [-0.4, -0.2) is 25.5 Å². The highest BCUT2D eigenvalue weighted by molar-refractivity contribution is 6.12. The van der Waals surface area contributed by atoms with Crippen molar-refractivity contribution in [3.05, 3.63) is 95.5 Å². The van der Waals surface area contributed by atoms with Gasteiger partial charge in [-0.15, -0.1) is 0 Å².